The number of anilines is 2. The van der Waals surface area contributed by atoms with Gasteiger partial charge in [0.1, 0.15) is 18.0 Å². The van der Waals surface area contributed by atoms with Crippen molar-refractivity contribution in [3.63, 3.8) is 0 Å². The van der Waals surface area contributed by atoms with Gasteiger partial charge >= 0.3 is 0 Å². The van der Waals surface area contributed by atoms with Gasteiger partial charge in [-0.3, -0.25) is 4.79 Å². The second kappa shape index (κ2) is 8.10. The fourth-order valence-electron chi connectivity index (χ4n) is 3.58. The Bertz CT molecular complexity index is 1000. The smallest absolute Gasteiger partial charge is 0.220 e. The number of amides is 1. The summed E-state index contributed by atoms with van der Waals surface area (Å²) >= 11 is 3.51. The van der Waals surface area contributed by atoms with Gasteiger partial charge in [-0.25, -0.2) is 15.0 Å². The fourth-order valence-corrected chi connectivity index (χ4v) is 3.94. The van der Waals surface area contributed by atoms with Crippen LogP contribution in [0.5, 0.6) is 0 Å². The van der Waals surface area contributed by atoms with Crippen LogP contribution in [0.25, 0.3) is 10.9 Å². The van der Waals surface area contributed by atoms with Gasteiger partial charge in [-0.15, -0.1) is 0 Å². The number of nitrogens with two attached hydrogens (primary N) is 1. The number of hydrogen-bond acceptors (Lipinski definition) is 6. The second-order valence-corrected chi connectivity index (χ2v) is 7.80. The van der Waals surface area contributed by atoms with E-state index in [1.54, 1.807) is 12.5 Å². The Hall–Kier alpha value is -2.74. The van der Waals surface area contributed by atoms with Crippen LogP contribution in [0.1, 0.15) is 18.4 Å². The molecule has 0 saturated carbocycles. The molecule has 1 saturated heterocycles. The first-order chi connectivity index (χ1) is 13.6. The summed E-state index contributed by atoms with van der Waals surface area (Å²) in [5.74, 6) is 1.49. The standard InChI is InChI=1S/C20H21BrN6O/c21-15-3-4-17-16(10-15)19(26-12-25-17)24-11-14-2-1-7-23-20(14)27-8-5-13(6-9-27)18(22)28/h1-4,7,10,12-13H,5-6,8-9,11H2,(H2,22,28)(H,24,25,26). The Morgan fingerprint density at radius 1 is 1.21 bits per heavy atom. The largest absolute Gasteiger partial charge is 0.369 e. The average molecular weight is 441 g/mol. The van der Waals surface area contributed by atoms with Gasteiger partial charge in [0.05, 0.1) is 5.52 Å². The van der Waals surface area contributed by atoms with Crippen LogP contribution in [0.15, 0.2) is 47.3 Å². The first-order valence-corrected chi connectivity index (χ1v) is 10.0. The summed E-state index contributed by atoms with van der Waals surface area (Å²) in [5, 5.41) is 4.39. The Morgan fingerprint density at radius 3 is 2.82 bits per heavy atom. The lowest BCUT2D eigenvalue weighted by atomic mass is 9.96. The van der Waals surface area contributed by atoms with Crippen molar-refractivity contribution in [2.24, 2.45) is 11.7 Å². The van der Waals surface area contributed by atoms with Gasteiger partial charge < -0.3 is 16.0 Å². The summed E-state index contributed by atoms with van der Waals surface area (Å²) in [6.07, 6.45) is 4.90. The van der Waals surface area contributed by atoms with Gasteiger partial charge in [-0.1, -0.05) is 22.0 Å². The molecule has 4 rings (SSSR count). The minimum atomic E-state index is -0.204. The van der Waals surface area contributed by atoms with Crippen LogP contribution in [0, 0.1) is 5.92 Å². The number of benzene rings is 1. The number of fused-ring (bicyclic) bond motifs is 1. The van der Waals surface area contributed by atoms with E-state index >= 15 is 0 Å². The maximum Gasteiger partial charge on any atom is 0.220 e. The van der Waals surface area contributed by atoms with Crippen LogP contribution in [0.3, 0.4) is 0 Å². The van der Waals surface area contributed by atoms with Gasteiger partial charge in [0.25, 0.3) is 0 Å². The molecule has 0 radical (unpaired) electrons. The highest BCUT2D eigenvalue weighted by Crippen LogP contribution is 2.27. The van der Waals surface area contributed by atoms with Gasteiger partial charge in [0.15, 0.2) is 0 Å². The third kappa shape index (κ3) is 3.91. The van der Waals surface area contributed by atoms with Crippen molar-refractivity contribution in [3.05, 3.63) is 52.9 Å². The normalized spacial score (nSPS) is 15.0. The zero-order valence-electron chi connectivity index (χ0n) is 15.3. The maximum absolute atomic E-state index is 11.4. The van der Waals surface area contributed by atoms with Crippen LogP contribution < -0.4 is 16.0 Å². The third-order valence-electron chi connectivity index (χ3n) is 5.11. The van der Waals surface area contributed by atoms with Gasteiger partial charge in [-0.05, 0) is 37.1 Å². The number of primary amides is 1. The molecule has 0 spiro atoms. The molecule has 1 amide bonds. The van der Waals surface area contributed by atoms with E-state index in [0.717, 1.165) is 58.5 Å². The van der Waals surface area contributed by atoms with Crippen molar-refractivity contribution in [3.8, 4) is 0 Å². The van der Waals surface area contributed by atoms with Crippen LogP contribution in [0.4, 0.5) is 11.6 Å². The predicted octanol–water partition coefficient (Wildman–Crippen LogP) is 3.10. The number of nitrogens with zero attached hydrogens (tertiary/aromatic N) is 4. The number of nitrogens with one attached hydrogen (secondary N) is 1. The summed E-state index contributed by atoms with van der Waals surface area (Å²) in [5.41, 5.74) is 7.43. The van der Waals surface area contributed by atoms with E-state index < -0.39 is 0 Å². The van der Waals surface area contributed by atoms with Crippen molar-refractivity contribution in [2.75, 3.05) is 23.3 Å². The predicted molar refractivity (Wildman–Crippen MR) is 113 cm³/mol. The van der Waals surface area contributed by atoms with Gasteiger partial charge in [-0.2, -0.15) is 0 Å². The molecular formula is C20H21BrN6O. The zero-order chi connectivity index (χ0) is 19.5. The minimum Gasteiger partial charge on any atom is -0.369 e. The molecule has 3 aromatic rings. The van der Waals surface area contributed by atoms with Gasteiger partial charge in [0.2, 0.25) is 5.91 Å². The van der Waals surface area contributed by atoms with E-state index in [4.69, 9.17) is 5.73 Å². The van der Waals surface area contributed by atoms with E-state index in [1.807, 2.05) is 24.3 Å². The number of pyridine rings is 1. The van der Waals surface area contributed by atoms with Crippen LogP contribution in [0.2, 0.25) is 0 Å². The summed E-state index contributed by atoms with van der Waals surface area (Å²) in [7, 11) is 0. The van der Waals surface area contributed by atoms with Crippen molar-refractivity contribution in [1.29, 1.82) is 0 Å². The first-order valence-electron chi connectivity index (χ1n) is 9.24. The molecule has 144 valence electrons. The molecule has 1 aromatic carbocycles. The molecule has 1 aliphatic heterocycles. The average Bonchev–Trinajstić information content (AvgIpc) is 2.72. The van der Waals surface area contributed by atoms with E-state index in [0.29, 0.717) is 6.54 Å². The molecule has 28 heavy (non-hydrogen) atoms. The van der Waals surface area contributed by atoms with E-state index in [1.165, 1.54) is 0 Å². The quantitative estimate of drug-likeness (QED) is 0.632. The number of halogens is 1. The van der Waals surface area contributed by atoms with Crippen LogP contribution in [-0.4, -0.2) is 33.9 Å². The molecule has 1 fully saturated rings. The lowest BCUT2D eigenvalue weighted by Gasteiger charge is -2.32. The van der Waals surface area contributed by atoms with Crippen LogP contribution >= 0.6 is 15.9 Å². The highest BCUT2D eigenvalue weighted by molar-refractivity contribution is 9.10. The molecule has 0 atom stereocenters. The van der Waals surface area contributed by atoms with Crippen molar-refractivity contribution in [2.45, 2.75) is 19.4 Å². The van der Waals surface area contributed by atoms with Crippen molar-refractivity contribution in [1.82, 2.24) is 15.0 Å². The molecule has 0 unspecified atom stereocenters. The minimum absolute atomic E-state index is 0.0348. The zero-order valence-corrected chi connectivity index (χ0v) is 16.9. The Balaban J connectivity index is 1.53. The second-order valence-electron chi connectivity index (χ2n) is 6.89. The highest BCUT2D eigenvalue weighted by Gasteiger charge is 2.24. The Morgan fingerprint density at radius 2 is 2.04 bits per heavy atom. The van der Waals surface area contributed by atoms with Crippen molar-refractivity contribution < 1.29 is 4.79 Å². The fraction of sp³-hybridized carbons (Fsp3) is 0.300. The molecule has 7 nitrogen and oxygen atoms in total. The summed E-state index contributed by atoms with van der Waals surface area (Å²) in [4.78, 5) is 27.0. The summed E-state index contributed by atoms with van der Waals surface area (Å²) in [6, 6.07) is 9.94. The molecule has 3 N–H and O–H groups in total. The topological polar surface area (TPSA) is 97.0 Å². The van der Waals surface area contributed by atoms with Crippen molar-refractivity contribution >= 4 is 44.4 Å². The number of piperidine rings is 1. The number of aromatic nitrogens is 3. The summed E-state index contributed by atoms with van der Waals surface area (Å²) < 4.78 is 0.984. The number of rotatable bonds is 5. The maximum atomic E-state index is 11.4. The Labute approximate surface area is 171 Å². The number of hydrogen-bond donors (Lipinski definition) is 2. The molecule has 2 aromatic heterocycles. The Kier molecular flexibility index (Phi) is 5.38. The highest BCUT2D eigenvalue weighted by atomic mass is 79.9. The number of carbonyl (C=O) groups is 1. The number of carbonyl (C=O) groups excluding carboxylic acids is 1. The van der Waals surface area contributed by atoms with Gasteiger partial charge in [0, 0.05) is 47.2 Å². The van der Waals surface area contributed by atoms with Crippen LogP contribution in [-0.2, 0) is 11.3 Å². The molecule has 0 bridgehead atoms. The summed E-state index contributed by atoms with van der Waals surface area (Å²) in [6.45, 7) is 2.15. The monoisotopic (exact) mass is 440 g/mol. The van der Waals surface area contributed by atoms with E-state index in [2.05, 4.69) is 47.2 Å². The third-order valence-corrected chi connectivity index (χ3v) is 5.60. The first kappa shape index (κ1) is 18.6. The molecule has 0 aliphatic carbocycles. The lowest BCUT2D eigenvalue weighted by molar-refractivity contribution is -0.122. The molecule has 1 aliphatic rings. The van der Waals surface area contributed by atoms with E-state index in [9.17, 15) is 4.79 Å². The molecule has 3 heterocycles. The SMILES string of the molecule is NC(=O)C1CCN(c2ncccc2CNc2ncnc3ccc(Br)cc23)CC1. The molecular weight excluding hydrogens is 420 g/mol. The lowest BCUT2D eigenvalue weighted by Crippen LogP contribution is -2.39. The van der Waals surface area contributed by atoms with E-state index in [-0.39, 0.29) is 11.8 Å². The molecule has 8 heteroatoms.